The van der Waals surface area contributed by atoms with E-state index in [1.807, 2.05) is 32.0 Å². The van der Waals surface area contributed by atoms with Crippen LogP contribution in [-0.2, 0) is 9.59 Å². The normalized spacial score (nSPS) is 10.3. The van der Waals surface area contributed by atoms with Crippen LogP contribution in [0.25, 0.3) is 0 Å². The molecule has 2 rings (SSSR count). The van der Waals surface area contributed by atoms with Gasteiger partial charge in [0, 0.05) is 24.2 Å². The van der Waals surface area contributed by atoms with Gasteiger partial charge in [-0.1, -0.05) is 6.07 Å². The molecule has 0 aliphatic rings. The smallest absolute Gasteiger partial charge is 0.305 e. The lowest BCUT2D eigenvalue weighted by atomic mass is 10.1. The van der Waals surface area contributed by atoms with Crippen molar-refractivity contribution in [2.75, 3.05) is 18.5 Å². The van der Waals surface area contributed by atoms with E-state index in [9.17, 15) is 14.4 Å². The second-order valence-electron chi connectivity index (χ2n) is 6.72. The average molecular weight is 398 g/mol. The molecule has 7 heteroatoms. The van der Waals surface area contributed by atoms with Crippen LogP contribution in [0.5, 0.6) is 5.75 Å². The molecule has 0 aliphatic carbocycles. The molecule has 0 fully saturated rings. The molecule has 154 valence electrons. The van der Waals surface area contributed by atoms with E-state index >= 15 is 0 Å². The summed E-state index contributed by atoms with van der Waals surface area (Å²) < 4.78 is 5.67. The number of hydrogen-bond acceptors (Lipinski definition) is 4. The molecule has 0 radical (unpaired) electrons. The predicted molar refractivity (Wildman–Crippen MR) is 110 cm³/mol. The third-order valence-corrected chi connectivity index (χ3v) is 4.35. The Hall–Kier alpha value is -3.35. The van der Waals surface area contributed by atoms with Gasteiger partial charge >= 0.3 is 5.97 Å². The Morgan fingerprint density at radius 1 is 0.966 bits per heavy atom. The lowest BCUT2D eigenvalue weighted by molar-refractivity contribution is -0.136. The number of nitrogens with one attached hydrogen (secondary N) is 2. The molecule has 2 aromatic rings. The van der Waals surface area contributed by atoms with Crippen molar-refractivity contribution in [3.05, 3.63) is 59.2 Å². The Labute approximate surface area is 170 Å². The number of carbonyl (C=O) groups is 3. The zero-order valence-electron chi connectivity index (χ0n) is 16.7. The van der Waals surface area contributed by atoms with Crippen molar-refractivity contribution in [1.29, 1.82) is 0 Å². The van der Waals surface area contributed by atoms with Crippen molar-refractivity contribution in [3.63, 3.8) is 0 Å². The van der Waals surface area contributed by atoms with E-state index in [0.29, 0.717) is 30.7 Å². The highest BCUT2D eigenvalue weighted by atomic mass is 16.5. The van der Waals surface area contributed by atoms with Crippen LogP contribution in [0.3, 0.4) is 0 Å². The quantitative estimate of drug-likeness (QED) is 0.533. The molecule has 0 spiro atoms. The fraction of sp³-hybridized carbons (Fsp3) is 0.318. The molecular weight excluding hydrogens is 372 g/mol. The summed E-state index contributed by atoms with van der Waals surface area (Å²) in [6, 6.07) is 12.3. The number of aryl methyl sites for hydroxylation is 2. The van der Waals surface area contributed by atoms with Crippen LogP contribution in [-0.4, -0.2) is 36.0 Å². The van der Waals surface area contributed by atoms with Gasteiger partial charge in [0.1, 0.15) is 5.75 Å². The van der Waals surface area contributed by atoms with Crippen molar-refractivity contribution >= 4 is 23.5 Å². The first-order valence-corrected chi connectivity index (χ1v) is 9.45. The third-order valence-electron chi connectivity index (χ3n) is 4.35. The minimum Gasteiger partial charge on any atom is -0.494 e. The highest BCUT2D eigenvalue weighted by Gasteiger charge is 2.07. The zero-order chi connectivity index (χ0) is 21.2. The summed E-state index contributed by atoms with van der Waals surface area (Å²) >= 11 is 0. The lowest BCUT2D eigenvalue weighted by Gasteiger charge is -2.09. The van der Waals surface area contributed by atoms with Crippen LogP contribution >= 0.6 is 0 Å². The number of ether oxygens (including phenoxy) is 1. The van der Waals surface area contributed by atoms with Crippen LogP contribution in [0.1, 0.15) is 40.7 Å². The lowest BCUT2D eigenvalue weighted by Crippen LogP contribution is -2.25. The summed E-state index contributed by atoms with van der Waals surface area (Å²) in [6.45, 7) is 4.59. The van der Waals surface area contributed by atoms with Gasteiger partial charge in [-0.15, -0.1) is 0 Å². The van der Waals surface area contributed by atoms with Gasteiger partial charge in [-0.05, 0) is 67.8 Å². The maximum atomic E-state index is 12.0. The van der Waals surface area contributed by atoms with Crippen molar-refractivity contribution in [2.24, 2.45) is 0 Å². The molecule has 0 aliphatic heterocycles. The number of carbonyl (C=O) groups excluding carboxylic acids is 2. The molecule has 2 amide bonds. The molecular formula is C22H26N2O5. The number of rotatable bonds is 10. The number of carboxylic acid groups (broad SMARTS) is 1. The molecule has 7 nitrogen and oxygen atoms in total. The number of anilines is 1. The first-order valence-electron chi connectivity index (χ1n) is 9.45. The van der Waals surface area contributed by atoms with E-state index in [-0.39, 0.29) is 24.8 Å². The maximum Gasteiger partial charge on any atom is 0.305 e. The Bertz CT molecular complexity index is 862. The molecule has 0 aromatic heterocycles. The van der Waals surface area contributed by atoms with E-state index in [1.165, 1.54) is 11.1 Å². The second kappa shape index (κ2) is 10.8. The average Bonchev–Trinajstić information content (AvgIpc) is 2.68. The summed E-state index contributed by atoms with van der Waals surface area (Å²) in [7, 11) is 0. The van der Waals surface area contributed by atoms with Gasteiger partial charge in [0.05, 0.1) is 13.0 Å². The molecule has 0 unspecified atom stereocenters. The van der Waals surface area contributed by atoms with Crippen molar-refractivity contribution in [2.45, 2.75) is 33.1 Å². The van der Waals surface area contributed by atoms with Crippen molar-refractivity contribution < 1.29 is 24.2 Å². The van der Waals surface area contributed by atoms with Crippen LogP contribution < -0.4 is 15.4 Å². The third kappa shape index (κ3) is 7.65. The van der Waals surface area contributed by atoms with E-state index < -0.39 is 5.97 Å². The Kier molecular flexibility index (Phi) is 8.21. The summed E-state index contributed by atoms with van der Waals surface area (Å²) in [5.41, 5.74) is 3.36. The molecule has 2 aromatic carbocycles. The van der Waals surface area contributed by atoms with E-state index in [4.69, 9.17) is 9.84 Å². The molecule has 0 atom stereocenters. The summed E-state index contributed by atoms with van der Waals surface area (Å²) in [5, 5.41) is 13.9. The number of hydrogen-bond donors (Lipinski definition) is 3. The monoisotopic (exact) mass is 398 g/mol. The van der Waals surface area contributed by atoms with Gasteiger partial charge in [-0.2, -0.15) is 0 Å². The number of carboxylic acids is 1. The van der Waals surface area contributed by atoms with Crippen molar-refractivity contribution in [1.82, 2.24) is 5.32 Å². The fourth-order valence-corrected chi connectivity index (χ4v) is 2.54. The Morgan fingerprint density at radius 2 is 1.69 bits per heavy atom. The van der Waals surface area contributed by atoms with E-state index in [0.717, 1.165) is 5.75 Å². The van der Waals surface area contributed by atoms with Crippen molar-refractivity contribution in [3.8, 4) is 5.75 Å². The van der Waals surface area contributed by atoms with Gasteiger partial charge in [0.15, 0.2) is 0 Å². The molecule has 0 saturated carbocycles. The number of amides is 2. The van der Waals surface area contributed by atoms with E-state index in [1.54, 1.807) is 24.3 Å². The molecule has 0 bridgehead atoms. The first kappa shape index (κ1) is 21.9. The number of aliphatic carboxylic acids is 1. The van der Waals surface area contributed by atoms with E-state index in [2.05, 4.69) is 10.6 Å². The largest absolute Gasteiger partial charge is 0.494 e. The van der Waals surface area contributed by atoms with Gasteiger partial charge in [0.2, 0.25) is 5.91 Å². The standard InChI is InChI=1S/C22H26N2O5/c1-15-5-10-19(14-16(15)2)29-13-3-4-20(25)24-18-8-6-17(7-9-18)22(28)23-12-11-21(26)27/h5-10,14H,3-4,11-13H2,1-2H3,(H,23,28)(H,24,25)(H,26,27). The van der Waals surface area contributed by atoms with Crippen LogP contribution in [0.15, 0.2) is 42.5 Å². The highest BCUT2D eigenvalue weighted by Crippen LogP contribution is 2.17. The van der Waals surface area contributed by atoms with Crippen LogP contribution in [0, 0.1) is 13.8 Å². The summed E-state index contributed by atoms with van der Waals surface area (Å²) in [6.07, 6.45) is 0.776. The summed E-state index contributed by atoms with van der Waals surface area (Å²) in [4.78, 5) is 34.4. The predicted octanol–water partition coefficient (Wildman–Crippen LogP) is 3.31. The topological polar surface area (TPSA) is 105 Å². The fourth-order valence-electron chi connectivity index (χ4n) is 2.54. The zero-order valence-corrected chi connectivity index (χ0v) is 16.7. The SMILES string of the molecule is Cc1ccc(OCCCC(=O)Nc2ccc(C(=O)NCCC(=O)O)cc2)cc1C. The maximum absolute atomic E-state index is 12.0. The second-order valence-corrected chi connectivity index (χ2v) is 6.72. The van der Waals surface area contributed by atoms with Gasteiger partial charge in [0.25, 0.3) is 5.91 Å². The minimum absolute atomic E-state index is 0.0664. The van der Waals surface area contributed by atoms with Gasteiger partial charge in [-0.3, -0.25) is 14.4 Å². The molecule has 0 heterocycles. The Balaban J connectivity index is 1.71. The summed E-state index contributed by atoms with van der Waals surface area (Å²) in [5.74, 6) is -0.659. The molecule has 29 heavy (non-hydrogen) atoms. The van der Waals surface area contributed by atoms with Gasteiger partial charge in [-0.25, -0.2) is 0 Å². The number of benzene rings is 2. The first-order chi connectivity index (χ1) is 13.8. The van der Waals surface area contributed by atoms with Crippen LogP contribution in [0.2, 0.25) is 0 Å². The molecule has 0 saturated heterocycles. The molecule has 3 N–H and O–H groups in total. The highest BCUT2D eigenvalue weighted by molar-refractivity contribution is 5.95. The van der Waals surface area contributed by atoms with Crippen LogP contribution in [0.4, 0.5) is 5.69 Å². The minimum atomic E-state index is -0.970. The Morgan fingerprint density at radius 3 is 2.34 bits per heavy atom. The van der Waals surface area contributed by atoms with Gasteiger partial charge < -0.3 is 20.5 Å².